The largest absolute Gasteiger partial charge is 0.463 e. The number of pyridine rings is 1. The van der Waals surface area contributed by atoms with Gasteiger partial charge in [-0.05, 0) is 6.07 Å². The molecular weight excluding hydrogens is 321 g/mol. The van der Waals surface area contributed by atoms with E-state index in [0.717, 1.165) is 6.07 Å². The van der Waals surface area contributed by atoms with Crippen LogP contribution in [-0.4, -0.2) is 61.2 Å². The van der Waals surface area contributed by atoms with Crippen LogP contribution in [0.15, 0.2) is 12.1 Å². The molecular formula is C12H15F3N4O4. The van der Waals surface area contributed by atoms with Crippen molar-refractivity contribution in [3.63, 3.8) is 0 Å². The van der Waals surface area contributed by atoms with Crippen molar-refractivity contribution in [1.29, 1.82) is 0 Å². The lowest BCUT2D eigenvalue weighted by Crippen LogP contribution is -2.34. The summed E-state index contributed by atoms with van der Waals surface area (Å²) in [6.07, 6.45) is -4.65. The zero-order valence-electron chi connectivity index (χ0n) is 12.6. The molecule has 1 rings (SSSR count). The summed E-state index contributed by atoms with van der Waals surface area (Å²) in [4.78, 5) is 27.9. The highest BCUT2D eigenvalue weighted by Gasteiger charge is 2.31. The lowest BCUT2D eigenvalue weighted by Gasteiger charge is -2.20. The van der Waals surface area contributed by atoms with Gasteiger partial charge in [-0.2, -0.15) is 18.2 Å². The number of aromatic nitrogens is 1. The Bertz CT molecular complexity index is 592. The Labute approximate surface area is 129 Å². The summed E-state index contributed by atoms with van der Waals surface area (Å²) in [5, 5.41) is 10.8. The predicted molar refractivity (Wildman–Crippen MR) is 74.4 cm³/mol. The second-order valence-corrected chi connectivity index (χ2v) is 4.80. The van der Waals surface area contributed by atoms with E-state index in [9.17, 15) is 28.1 Å². The molecule has 8 nitrogen and oxygen atoms in total. The van der Waals surface area contributed by atoms with Gasteiger partial charge in [-0.1, -0.05) is 0 Å². The van der Waals surface area contributed by atoms with Gasteiger partial charge in [0.05, 0.1) is 11.5 Å². The van der Waals surface area contributed by atoms with E-state index in [-0.39, 0.29) is 18.3 Å². The van der Waals surface area contributed by atoms with Gasteiger partial charge in [0.1, 0.15) is 5.82 Å². The number of hydrogen-bond donors (Lipinski definition) is 0. The number of amides is 1. The van der Waals surface area contributed by atoms with Crippen LogP contribution in [0.4, 0.5) is 24.7 Å². The molecule has 0 aliphatic rings. The number of alkyl halides is 3. The van der Waals surface area contributed by atoms with E-state index in [4.69, 9.17) is 0 Å². The van der Waals surface area contributed by atoms with Crippen molar-refractivity contribution in [1.82, 2.24) is 9.88 Å². The van der Waals surface area contributed by atoms with Gasteiger partial charge in [0.15, 0.2) is 6.61 Å². The zero-order valence-corrected chi connectivity index (χ0v) is 12.6. The first-order chi connectivity index (χ1) is 10.5. The normalized spacial score (nSPS) is 11.0. The van der Waals surface area contributed by atoms with Gasteiger partial charge < -0.3 is 14.5 Å². The first-order valence-corrected chi connectivity index (χ1v) is 6.27. The molecule has 23 heavy (non-hydrogen) atoms. The van der Waals surface area contributed by atoms with Crippen LogP contribution in [0.2, 0.25) is 0 Å². The molecule has 11 heteroatoms. The smallest absolute Gasteiger partial charge is 0.422 e. The third-order valence-electron chi connectivity index (χ3n) is 2.66. The number of carbonyl (C=O) groups is 1. The molecule has 0 bridgehead atoms. The molecule has 0 N–H and O–H groups in total. The average molecular weight is 336 g/mol. The maximum atomic E-state index is 12.2. The van der Waals surface area contributed by atoms with E-state index in [1.807, 2.05) is 0 Å². The van der Waals surface area contributed by atoms with Crippen molar-refractivity contribution in [3.8, 4) is 5.88 Å². The topological polar surface area (TPSA) is 88.8 Å². The average Bonchev–Trinajstić information content (AvgIpc) is 2.43. The maximum Gasteiger partial charge on any atom is 0.422 e. The summed E-state index contributed by atoms with van der Waals surface area (Å²) in [5.74, 6) is -0.956. The summed E-state index contributed by atoms with van der Waals surface area (Å²) < 4.78 is 41.0. The van der Waals surface area contributed by atoms with Crippen molar-refractivity contribution in [2.24, 2.45) is 0 Å². The van der Waals surface area contributed by atoms with Crippen molar-refractivity contribution in [3.05, 3.63) is 22.2 Å². The molecule has 0 saturated carbocycles. The van der Waals surface area contributed by atoms with Gasteiger partial charge >= 0.3 is 11.9 Å². The van der Waals surface area contributed by atoms with Gasteiger partial charge in [-0.3, -0.25) is 14.9 Å². The fourth-order valence-electron chi connectivity index (χ4n) is 1.46. The SMILES string of the molecule is CN(C)C(=O)CN(C)c1ccc([N+](=O)[O-])c(OCC(F)(F)F)n1. The Kier molecular flexibility index (Phi) is 5.71. The summed E-state index contributed by atoms with van der Waals surface area (Å²) in [5.41, 5.74) is -0.690. The summed E-state index contributed by atoms with van der Waals surface area (Å²) in [6.45, 7) is -1.80. The van der Waals surface area contributed by atoms with Crippen molar-refractivity contribution in [2.75, 3.05) is 39.2 Å². The van der Waals surface area contributed by atoms with E-state index in [1.165, 1.54) is 37.0 Å². The number of hydrogen-bond acceptors (Lipinski definition) is 6. The lowest BCUT2D eigenvalue weighted by molar-refractivity contribution is -0.386. The van der Waals surface area contributed by atoms with Crippen LogP contribution < -0.4 is 9.64 Å². The van der Waals surface area contributed by atoms with Crippen LogP contribution in [-0.2, 0) is 4.79 Å². The van der Waals surface area contributed by atoms with E-state index in [0.29, 0.717) is 0 Å². The Morgan fingerprint density at radius 1 is 1.35 bits per heavy atom. The fraction of sp³-hybridized carbons (Fsp3) is 0.500. The third kappa shape index (κ3) is 5.60. The molecule has 1 aromatic rings. The summed E-state index contributed by atoms with van der Waals surface area (Å²) in [7, 11) is 4.55. The monoisotopic (exact) mass is 336 g/mol. The molecule has 1 amide bonds. The molecule has 1 heterocycles. The Balaban J connectivity index is 3.02. The molecule has 0 fully saturated rings. The van der Waals surface area contributed by atoms with E-state index < -0.39 is 29.3 Å². The van der Waals surface area contributed by atoms with Crippen LogP contribution in [0.3, 0.4) is 0 Å². The number of halogens is 3. The van der Waals surface area contributed by atoms with E-state index in [1.54, 1.807) is 0 Å². The van der Waals surface area contributed by atoms with Crippen LogP contribution in [0, 0.1) is 10.1 Å². The Morgan fingerprint density at radius 2 is 1.96 bits per heavy atom. The highest BCUT2D eigenvalue weighted by molar-refractivity contribution is 5.80. The second kappa shape index (κ2) is 7.11. The lowest BCUT2D eigenvalue weighted by atomic mass is 10.3. The maximum absolute atomic E-state index is 12.2. The van der Waals surface area contributed by atoms with Crippen LogP contribution in [0.1, 0.15) is 0 Å². The molecule has 0 unspecified atom stereocenters. The first-order valence-electron chi connectivity index (χ1n) is 6.27. The number of nitro groups is 1. The second-order valence-electron chi connectivity index (χ2n) is 4.80. The molecule has 128 valence electrons. The first kappa shape index (κ1) is 18.5. The van der Waals surface area contributed by atoms with Gasteiger partial charge in [0, 0.05) is 27.2 Å². The van der Waals surface area contributed by atoms with Crippen molar-refractivity contribution in [2.45, 2.75) is 6.18 Å². The predicted octanol–water partition coefficient (Wildman–Crippen LogP) is 1.46. The quantitative estimate of drug-likeness (QED) is 0.577. The van der Waals surface area contributed by atoms with Crippen LogP contribution in [0.5, 0.6) is 5.88 Å². The number of nitrogens with zero attached hydrogens (tertiary/aromatic N) is 4. The Morgan fingerprint density at radius 3 is 2.43 bits per heavy atom. The minimum Gasteiger partial charge on any atom is -0.463 e. The highest BCUT2D eigenvalue weighted by Crippen LogP contribution is 2.29. The molecule has 0 spiro atoms. The third-order valence-corrected chi connectivity index (χ3v) is 2.66. The number of rotatable bonds is 6. The molecule has 1 aromatic heterocycles. The van der Waals surface area contributed by atoms with Crippen molar-refractivity contribution >= 4 is 17.4 Å². The summed E-state index contributed by atoms with van der Waals surface area (Å²) >= 11 is 0. The summed E-state index contributed by atoms with van der Waals surface area (Å²) in [6, 6.07) is 2.20. The van der Waals surface area contributed by atoms with Gasteiger partial charge in [0.25, 0.3) is 5.88 Å². The minimum absolute atomic E-state index is 0.0722. The molecule has 0 aliphatic carbocycles. The minimum atomic E-state index is -4.65. The highest BCUT2D eigenvalue weighted by atomic mass is 19.4. The van der Waals surface area contributed by atoms with Crippen molar-refractivity contribution < 1.29 is 27.6 Å². The molecule has 0 aromatic carbocycles. The molecule has 0 atom stereocenters. The number of ether oxygens (including phenoxy) is 1. The van der Waals surface area contributed by atoms with Gasteiger partial charge in [0.2, 0.25) is 5.91 Å². The molecule has 0 aliphatic heterocycles. The fourth-order valence-corrected chi connectivity index (χ4v) is 1.46. The van der Waals surface area contributed by atoms with Gasteiger partial charge in [-0.25, -0.2) is 0 Å². The number of carbonyl (C=O) groups excluding carboxylic acids is 1. The Hall–Kier alpha value is -2.59. The molecule has 0 radical (unpaired) electrons. The van der Waals surface area contributed by atoms with E-state index in [2.05, 4.69) is 9.72 Å². The van der Waals surface area contributed by atoms with E-state index >= 15 is 0 Å². The van der Waals surface area contributed by atoms with Gasteiger partial charge in [-0.15, -0.1) is 0 Å². The number of likely N-dealkylation sites (N-methyl/N-ethyl adjacent to an activating group) is 2. The van der Waals surface area contributed by atoms with Crippen LogP contribution in [0.25, 0.3) is 0 Å². The zero-order chi connectivity index (χ0) is 17.8. The van der Waals surface area contributed by atoms with Crippen LogP contribution >= 0.6 is 0 Å². The molecule has 0 saturated heterocycles. The standard InChI is InChI=1S/C12H15F3N4O4/c1-17(2)10(20)6-18(3)9-5-4-8(19(21)22)11(16-9)23-7-12(13,14)15/h4-5H,6-7H2,1-3H3. The number of anilines is 1.